The number of amides is 2. The lowest BCUT2D eigenvalue weighted by molar-refractivity contribution is 0.229. The number of aliphatic hydroxyl groups is 1. The molecule has 82 valence electrons. The third kappa shape index (κ3) is 3.55. The van der Waals surface area contributed by atoms with E-state index in [1.807, 2.05) is 0 Å². The summed E-state index contributed by atoms with van der Waals surface area (Å²) >= 11 is 0. The normalized spacial score (nSPS) is 11.9. The average molecular weight is 212 g/mol. The number of rotatable bonds is 3. The molecule has 4 nitrogen and oxygen atoms in total. The van der Waals surface area contributed by atoms with Gasteiger partial charge in [-0.1, -0.05) is 12.1 Å². The lowest BCUT2D eigenvalue weighted by Gasteiger charge is -2.12. The van der Waals surface area contributed by atoms with Crippen LogP contribution in [0.2, 0.25) is 0 Å². The van der Waals surface area contributed by atoms with Crippen molar-refractivity contribution in [1.29, 1.82) is 0 Å². The van der Waals surface area contributed by atoms with Gasteiger partial charge < -0.3 is 15.7 Å². The maximum Gasteiger partial charge on any atom is 0.319 e. The molecule has 0 aliphatic heterocycles. The first-order valence-corrected chi connectivity index (χ1v) is 4.56. The number of hydrogen-bond acceptors (Lipinski definition) is 2. The molecule has 1 unspecified atom stereocenters. The predicted molar refractivity (Wildman–Crippen MR) is 55.1 cm³/mol. The van der Waals surface area contributed by atoms with Gasteiger partial charge in [-0.15, -0.1) is 0 Å². The summed E-state index contributed by atoms with van der Waals surface area (Å²) in [7, 11) is 0. The van der Waals surface area contributed by atoms with Crippen LogP contribution < -0.4 is 10.6 Å². The van der Waals surface area contributed by atoms with Gasteiger partial charge in [0.1, 0.15) is 5.82 Å². The van der Waals surface area contributed by atoms with E-state index in [0.717, 1.165) is 0 Å². The Labute approximate surface area is 87.1 Å². The highest BCUT2D eigenvalue weighted by Gasteiger charge is 2.07. The second-order valence-corrected chi connectivity index (χ2v) is 3.16. The van der Waals surface area contributed by atoms with E-state index in [1.54, 1.807) is 13.0 Å². The lowest BCUT2D eigenvalue weighted by Crippen LogP contribution is -2.38. The number of benzene rings is 1. The maximum absolute atomic E-state index is 13.1. The van der Waals surface area contributed by atoms with Crippen molar-refractivity contribution in [3.63, 3.8) is 0 Å². The molecule has 1 aromatic carbocycles. The first-order chi connectivity index (χ1) is 7.13. The maximum atomic E-state index is 13.1. The summed E-state index contributed by atoms with van der Waals surface area (Å²) in [4.78, 5) is 11.2. The molecule has 0 saturated carbocycles. The molecule has 5 heteroatoms. The van der Waals surface area contributed by atoms with Crippen molar-refractivity contribution in [2.45, 2.75) is 13.0 Å². The van der Waals surface area contributed by atoms with Gasteiger partial charge in [0.05, 0.1) is 18.3 Å². The van der Waals surface area contributed by atoms with Crippen LogP contribution in [0.1, 0.15) is 6.92 Å². The molecule has 1 aromatic rings. The van der Waals surface area contributed by atoms with Crippen LogP contribution in [0, 0.1) is 5.82 Å². The van der Waals surface area contributed by atoms with E-state index >= 15 is 0 Å². The number of carbonyl (C=O) groups is 1. The van der Waals surface area contributed by atoms with Gasteiger partial charge in [0.15, 0.2) is 0 Å². The third-order valence-electron chi connectivity index (χ3n) is 1.77. The quantitative estimate of drug-likeness (QED) is 0.707. The SMILES string of the molecule is CC(CO)NC(=O)Nc1ccccc1F. The van der Waals surface area contributed by atoms with Crippen LogP contribution >= 0.6 is 0 Å². The standard InChI is InChI=1S/C10H13FN2O2/c1-7(6-14)12-10(15)13-9-5-3-2-4-8(9)11/h2-5,7,14H,6H2,1H3,(H2,12,13,15). The minimum absolute atomic E-state index is 0.111. The summed E-state index contributed by atoms with van der Waals surface area (Å²) in [5.74, 6) is -0.496. The van der Waals surface area contributed by atoms with Gasteiger partial charge in [-0.05, 0) is 19.1 Å². The molecule has 0 aliphatic rings. The van der Waals surface area contributed by atoms with Crippen LogP contribution in [-0.2, 0) is 0 Å². The second-order valence-electron chi connectivity index (χ2n) is 3.16. The number of para-hydroxylation sites is 1. The van der Waals surface area contributed by atoms with Crippen LogP contribution in [0.4, 0.5) is 14.9 Å². The Morgan fingerprint density at radius 2 is 2.20 bits per heavy atom. The smallest absolute Gasteiger partial charge is 0.319 e. The number of urea groups is 1. The number of carbonyl (C=O) groups excluding carboxylic acids is 1. The van der Waals surface area contributed by atoms with Gasteiger partial charge in [0.2, 0.25) is 0 Å². The number of hydrogen-bond donors (Lipinski definition) is 3. The zero-order chi connectivity index (χ0) is 11.3. The van der Waals surface area contributed by atoms with Gasteiger partial charge in [-0.2, -0.15) is 0 Å². The average Bonchev–Trinajstić information content (AvgIpc) is 2.21. The fourth-order valence-electron chi connectivity index (χ4n) is 0.990. The minimum Gasteiger partial charge on any atom is -0.394 e. The number of nitrogens with one attached hydrogen (secondary N) is 2. The zero-order valence-electron chi connectivity index (χ0n) is 8.33. The first-order valence-electron chi connectivity index (χ1n) is 4.56. The fourth-order valence-corrected chi connectivity index (χ4v) is 0.990. The van der Waals surface area contributed by atoms with Gasteiger partial charge in [0, 0.05) is 0 Å². The largest absolute Gasteiger partial charge is 0.394 e. The van der Waals surface area contributed by atoms with Crippen molar-refractivity contribution in [1.82, 2.24) is 5.32 Å². The number of halogens is 1. The van der Waals surface area contributed by atoms with Crippen LogP contribution in [-0.4, -0.2) is 23.8 Å². The molecule has 0 saturated heterocycles. The molecule has 0 bridgehead atoms. The van der Waals surface area contributed by atoms with E-state index in [0.29, 0.717) is 0 Å². The summed E-state index contributed by atoms with van der Waals surface area (Å²) in [6.07, 6.45) is 0. The lowest BCUT2D eigenvalue weighted by atomic mass is 10.3. The highest BCUT2D eigenvalue weighted by molar-refractivity contribution is 5.89. The fraction of sp³-hybridized carbons (Fsp3) is 0.300. The van der Waals surface area contributed by atoms with Crippen LogP contribution in [0.25, 0.3) is 0 Å². The predicted octanol–water partition coefficient (Wildman–Crippen LogP) is 1.33. The van der Waals surface area contributed by atoms with E-state index in [9.17, 15) is 9.18 Å². The van der Waals surface area contributed by atoms with E-state index in [4.69, 9.17) is 5.11 Å². The molecule has 0 heterocycles. The molecule has 0 aliphatic carbocycles. The van der Waals surface area contributed by atoms with Crippen molar-refractivity contribution in [2.75, 3.05) is 11.9 Å². The molecule has 0 fully saturated rings. The Morgan fingerprint density at radius 3 is 2.80 bits per heavy atom. The van der Waals surface area contributed by atoms with E-state index in [1.165, 1.54) is 18.2 Å². The molecule has 0 spiro atoms. The summed E-state index contributed by atoms with van der Waals surface area (Å²) in [5, 5.41) is 13.5. The molecule has 0 aromatic heterocycles. The number of aliphatic hydroxyl groups excluding tert-OH is 1. The van der Waals surface area contributed by atoms with Crippen molar-refractivity contribution >= 4 is 11.7 Å². The van der Waals surface area contributed by atoms with Crippen molar-refractivity contribution in [3.8, 4) is 0 Å². The van der Waals surface area contributed by atoms with Gasteiger partial charge in [-0.3, -0.25) is 0 Å². The van der Waals surface area contributed by atoms with Crippen molar-refractivity contribution in [3.05, 3.63) is 30.1 Å². The minimum atomic E-state index is -0.540. The Bertz CT molecular complexity index is 344. The van der Waals surface area contributed by atoms with Gasteiger partial charge >= 0.3 is 6.03 Å². The Kier molecular flexibility index (Phi) is 4.05. The first kappa shape index (κ1) is 11.5. The highest BCUT2D eigenvalue weighted by Crippen LogP contribution is 2.11. The van der Waals surface area contributed by atoms with Crippen molar-refractivity contribution < 1.29 is 14.3 Å². The molecule has 3 N–H and O–H groups in total. The van der Waals surface area contributed by atoms with Crippen LogP contribution in [0.5, 0.6) is 0 Å². The highest BCUT2D eigenvalue weighted by atomic mass is 19.1. The molecule has 15 heavy (non-hydrogen) atoms. The summed E-state index contributed by atoms with van der Waals surface area (Å²) < 4.78 is 13.1. The Hall–Kier alpha value is -1.62. The molecular formula is C10H13FN2O2. The van der Waals surface area contributed by atoms with E-state index in [2.05, 4.69) is 10.6 Å². The molecule has 2 amide bonds. The van der Waals surface area contributed by atoms with Gasteiger partial charge in [0.25, 0.3) is 0 Å². The molecule has 1 rings (SSSR count). The molecule has 0 radical (unpaired) electrons. The monoisotopic (exact) mass is 212 g/mol. The van der Waals surface area contributed by atoms with Crippen LogP contribution in [0.3, 0.4) is 0 Å². The van der Waals surface area contributed by atoms with Crippen LogP contribution in [0.15, 0.2) is 24.3 Å². The zero-order valence-corrected chi connectivity index (χ0v) is 8.33. The topological polar surface area (TPSA) is 61.4 Å². The third-order valence-corrected chi connectivity index (χ3v) is 1.77. The molecular weight excluding hydrogens is 199 g/mol. The Balaban J connectivity index is 2.55. The molecule has 1 atom stereocenters. The van der Waals surface area contributed by atoms with E-state index < -0.39 is 11.8 Å². The van der Waals surface area contributed by atoms with E-state index in [-0.39, 0.29) is 18.3 Å². The second kappa shape index (κ2) is 5.31. The summed E-state index contributed by atoms with van der Waals surface area (Å²) in [6.45, 7) is 1.48. The Morgan fingerprint density at radius 1 is 1.53 bits per heavy atom. The summed E-state index contributed by atoms with van der Waals surface area (Å²) in [5.41, 5.74) is 0.111. The number of anilines is 1. The summed E-state index contributed by atoms with van der Waals surface area (Å²) in [6, 6.07) is 4.96. The van der Waals surface area contributed by atoms with Crippen molar-refractivity contribution in [2.24, 2.45) is 0 Å². The van der Waals surface area contributed by atoms with Gasteiger partial charge in [-0.25, -0.2) is 9.18 Å².